The lowest BCUT2D eigenvalue weighted by Crippen LogP contribution is -2.53. The Morgan fingerprint density at radius 2 is 1.70 bits per heavy atom. The Morgan fingerprint density at radius 3 is 2.20 bits per heavy atom. The van der Waals surface area contributed by atoms with E-state index in [0.717, 1.165) is 5.56 Å². The van der Waals surface area contributed by atoms with Gasteiger partial charge in [0.25, 0.3) is 0 Å². The largest absolute Gasteiger partial charge is 0.444 e. The second kappa shape index (κ2) is 11.0. The molecule has 1 rings (SSSR count). The molecule has 0 fully saturated rings. The molecule has 0 saturated heterocycles. The van der Waals surface area contributed by atoms with Crippen molar-refractivity contribution in [2.75, 3.05) is 13.2 Å². The highest BCUT2D eigenvalue weighted by Crippen LogP contribution is 2.25. The number of nitrogens with one attached hydrogen (secondary N) is 2. The van der Waals surface area contributed by atoms with E-state index in [-0.39, 0.29) is 25.1 Å². The molecule has 3 N–H and O–H groups in total. The summed E-state index contributed by atoms with van der Waals surface area (Å²) in [7, 11) is 0. The second-order valence-corrected chi connectivity index (χ2v) is 8.55. The minimum absolute atomic E-state index is 0.0658. The minimum atomic E-state index is -0.954. The highest BCUT2D eigenvalue weighted by atomic mass is 16.6. The molecule has 0 spiro atoms. The molecule has 1 aromatic rings. The number of aliphatic hydroxyl groups excluding tert-OH is 1. The number of carbonyl (C=O) groups excluding carboxylic acids is 3. The fraction of sp³-hybridized carbons (Fsp3) is 0.591. The van der Waals surface area contributed by atoms with Crippen molar-refractivity contribution in [1.29, 1.82) is 0 Å². The van der Waals surface area contributed by atoms with Crippen molar-refractivity contribution >= 4 is 17.9 Å². The van der Waals surface area contributed by atoms with Gasteiger partial charge in [-0.25, -0.2) is 4.79 Å². The summed E-state index contributed by atoms with van der Waals surface area (Å²) >= 11 is 0. The van der Waals surface area contributed by atoms with Crippen LogP contribution in [0, 0.1) is 6.92 Å². The number of alkyl carbamates (subject to hydrolysis) is 1. The van der Waals surface area contributed by atoms with Crippen LogP contribution < -0.4 is 10.6 Å². The lowest BCUT2D eigenvalue weighted by atomic mass is 9.98. The highest BCUT2D eigenvalue weighted by Gasteiger charge is 2.35. The van der Waals surface area contributed by atoms with Crippen LogP contribution in [0.5, 0.6) is 0 Å². The number of carbonyl (C=O) groups is 3. The molecule has 2 unspecified atom stereocenters. The first-order chi connectivity index (χ1) is 13.9. The fourth-order valence-electron chi connectivity index (χ4n) is 2.98. The monoisotopic (exact) mass is 421 g/mol. The number of aryl methyl sites for hydroxylation is 1. The Hall–Kier alpha value is -2.61. The lowest BCUT2D eigenvalue weighted by molar-refractivity contribution is -0.143. The summed E-state index contributed by atoms with van der Waals surface area (Å²) < 4.78 is 5.21. The van der Waals surface area contributed by atoms with Crippen molar-refractivity contribution in [1.82, 2.24) is 15.5 Å². The van der Waals surface area contributed by atoms with Crippen molar-refractivity contribution in [2.45, 2.75) is 72.2 Å². The number of hydrogen-bond acceptors (Lipinski definition) is 5. The van der Waals surface area contributed by atoms with Crippen molar-refractivity contribution in [2.24, 2.45) is 0 Å². The SMILES string of the molecule is Cc1ccccc1C(C(=O)NC(C)C)N(CCO)C(=O)C(C)NC(=O)OC(C)(C)C. The molecule has 168 valence electrons. The normalized spacial score (nSPS) is 13.4. The molecule has 0 aliphatic rings. The first-order valence-electron chi connectivity index (χ1n) is 10.1. The molecule has 8 heteroatoms. The molecule has 8 nitrogen and oxygen atoms in total. The number of ether oxygens (including phenoxy) is 1. The third-order valence-electron chi connectivity index (χ3n) is 4.20. The highest BCUT2D eigenvalue weighted by molar-refractivity contribution is 5.92. The predicted octanol–water partition coefficient (Wildman–Crippen LogP) is 2.29. The van der Waals surface area contributed by atoms with E-state index in [4.69, 9.17) is 4.74 Å². The van der Waals surface area contributed by atoms with E-state index in [1.54, 1.807) is 32.9 Å². The number of amides is 3. The van der Waals surface area contributed by atoms with E-state index in [1.807, 2.05) is 32.9 Å². The summed E-state index contributed by atoms with van der Waals surface area (Å²) in [6.07, 6.45) is -0.730. The first kappa shape index (κ1) is 25.4. The number of benzene rings is 1. The van der Waals surface area contributed by atoms with Crippen molar-refractivity contribution in [3.63, 3.8) is 0 Å². The van der Waals surface area contributed by atoms with Gasteiger partial charge in [0.1, 0.15) is 17.7 Å². The molecule has 30 heavy (non-hydrogen) atoms. The zero-order valence-electron chi connectivity index (χ0n) is 19.0. The quantitative estimate of drug-likeness (QED) is 0.597. The Labute approximate surface area is 179 Å². The van der Waals surface area contributed by atoms with Gasteiger partial charge in [-0.3, -0.25) is 9.59 Å². The summed E-state index contributed by atoms with van der Waals surface area (Å²) in [5, 5.41) is 14.9. The molecule has 0 aliphatic carbocycles. The molecule has 3 amide bonds. The zero-order valence-corrected chi connectivity index (χ0v) is 19.0. The van der Waals surface area contributed by atoms with Gasteiger partial charge in [-0.05, 0) is 59.6 Å². The van der Waals surface area contributed by atoms with E-state index >= 15 is 0 Å². The summed E-state index contributed by atoms with van der Waals surface area (Å²) in [6.45, 7) is 11.8. The molecule has 0 bridgehead atoms. The van der Waals surface area contributed by atoms with Crippen LogP contribution in [0.2, 0.25) is 0 Å². The van der Waals surface area contributed by atoms with Crippen LogP contribution in [0.3, 0.4) is 0 Å². The van der Waals surface area contributed by atoms with Gasteiger partial charge < -0.3 is 25.4 Å². The number of nitrogens with zero attached hydrogens (tertiary/aromatic N) is 1. The van der Waals surface area contributed by atoms with Crippen LogP contribution in [0.25, 0.3) is 0 Å². The van der Waals surface area contributed by atoms with Crippen molar-refractivity contribution in [3.8, 4) is 0 Å². The van der Waals surface area contributed by atoms with Crippen LogP contribution in [0.1, 0.15) is 58.7 Å². The van der Waals surface area contributed by atoms with Crippen LogP contribution >= 0.6 is 0 Å². The molecule has 0 saturated carbocycles. The van der Waals surface area contributed by atoms with E-state index in [9.17, 15) is 19.5 Å². The van der Waals surface area contributed by atoms with Crippen molar-refractivity contribution in [3.05, 3.63) is 35.4 Å². The summed E-state index contributed by atoms with van der Waals surface area (Å²) in [5.41, 5.74) is 0.783. The summed E-state index contributed by atoms with van der Waals surface area (Å²) in [4.78, 5) is 39.7. The van der Waals surface area contributed by atoms with Gasteiger partial charge in [0.2, 0.25) is 11.8 Å². The van der Waals surface area contributed by atoms with Crippen LogP contribution in [-0.4, -0.2) is 58.8 Å². The van der Waals surface area contributed by atoms with Crippen LogP contribution in [0.4, 0.5) is 4.79 Å². The van der Waals surface area contributed by atoms with Gasteiger partial charge >= 0.3 is 6.09 Å². The standard InChI is InChI=1S/C22H35N3O5/c1-14(2)23-19(27)18(17-11-9-8-10-15(17)3)25(12-13-26)20(28)16(4)24-21(29)30-22(5,6)7/h8-11,14,16,18,26H,12-13H2,1-7H3,(H,23,27)(H,24,29). The zero-order chi connectivity index (χ0) is 23.1. The maximum absolute atomic E-state index is 13.2. The van der Waals surface area contributed by atoms with Gasteiger partial charge in [-0.1, -0.05) is 24.3 Å². The van der Waals surface area contributed by atoms with Gasteiger partial charge in [0.15, 0.2) is 0 Å². The molecular formula is C22H35N3O5. The maximum atomic E-state index is 13.2. The summed E-state index contributed by atoms with van der Waals surface area (Å²) in [5.74, 6) is -0.854. The van der Waals surface area contributed by atoms with Gasteiger partial charge in [0.05, 0.1) is 6.61 Å². The molecule has 0 aromatic heterocycles. The fourth-order valence-corrected chi connectivity index (χ4v) is 2.98. The molecule has 0 radical (unpaired) electrons. The van der Waals surface area contributed by atoms with Crippen LogP contribution in [0.15, 0.2) is 24.3 Å². The van der Waals surface area contributed by atoms with Crippen molar-refractivity contribution < 1.29 is 24.2 Å². The Bertz CT molecular complexity index is 743. The Kier molecular flexibility index (Phi) is 9.29. The average Bonchev–Trinajstić information content (AvgIpc) is 2.59. The topological polar surface area (TPSA) is 108 Å². The maximum Gasteiger partial charge on any atom is 0.408 e. The third kappa shape index (κ3) is 7.67. The molecule has 1 aromatic carbocycles. The number of hydrogen-bond donors (Lipinski definition) is 3. The molecule has 0 heterocycles. The van der Waals surface area contributed by atoms with Gasteiger partial charge in [-0.15, -0.1) is 0 Å². The average molecular weight is 422 g/mol. The van der Waals surface area contributed by atoms with E-state index < -0.39 is 29.7 Å². The predicted molar refractivity (Wildman–Crippen MR) is 115 cm³/mol. The van der Waals surface area contributed by atoms with E-state index in [2.05, 4.69) is 10.6 Å². The smallest absolute Gasteiger partial charge is 0.408 e. The van der Waals surface area contributed by atoms with E-state index in [1.165, 1.54) is 11.8 Å². The van der Waals surface area contributed by atoms with E-state index in [0.29, 0.717) is 5.56 Å². The van der Waals surface area contributed by atoms with Gasteiger partial charge in [0, 0.05) is 12.6 Å². The second-order valence-electron chi connectivity index (χ2n) is 8.55. The molecular weight excluding hydrogens is 386 g/mol. The number of rotatable bonds is 8. The third-order valence-corrected chi connectivity index (χ3v) is 4.20. The Morgan fingerprint density at radius 1 is 1.10 bits per heavy atom. The van der Waals surface area contributed by atoms with Crippen LogP contribution in [-0.2, 0) is 14.3 Å². The molecule has 0 aliphatic heterocycles. The Balaban J connectivity index is 3.24. The lowest BCUT2D eigenvalue weighted by Gasteiger charge is -2.34. The summed E-state index contributed by atoms with van der Waals surface area (Å²) in [6, 6.07) is 5.25. The van der Waals surface area contributed by atoms with Gasteiger partial charge in [-0.2, -0.15) is 0 Å². The number of aliphatic hydroxyl groups is 1. The molecule has 2 atom stereocenters. The minimum Gasteiger partial charge on any atom is -0.444 e. The first-order valence-corrected chi connectivity index (χ1v) is 10.1.